The van der Waals surface area contributed by atoms with Crippen LogP contribution in [0.4, 0.5) is 4.79 Å². The van der Waals surface area contributed by atoms with Crippen molar-refractivity contribution in [2.24, 2.45) is 0 Å². The van der Waals surface area contributed by atoms with E-state index in [1.54, 1.807) is 6.08 Å². The third-order valence-electron chi connectivity index (χ3n) is 3.93. The van der Waals surface area contributed by atoms with Crippen molar-refractivity contribution < 1.29 is 14.3 Å². The Morgan fingerprint density at radius 1 is 1.08 bits per heavy atom. The Kier molecular flexibility index (Phi) is 4.51. The molecular formula is C19H20N2O3. The van der Waals surface area contributed by atoms with E-state index in [9.17, 15) is 9.59 Å². The molecule has 3 rings (SSSR count). The van der Waals surface area contributed by atoms with Crippen LogP contribution in [0.5, 0.6) is 5.75 Å². The zero-order valence-corrected chi connectivity index (χ0v) is 13.8. The van der Waals surface area contributed by atoms with Gasteiger partial charge in [0.2, 0.25) is 0 Å². The number of nitrogens with one attached hydrogen (secondary N) is 1. The minimum absolute atomic E-state index is 0.278. The van der Waals surface area contributed by atoms with Gasteiger partial charge in [-0.1, -0.05) is 37.3 Å². The van der Waals surface area contributed by atoms with Crippen LogP contribution < -0.4 is 10.1 Å². The topological polar surface area (TPSA) is 58.6 Å². The monoisotopic (exact) mass is 324 g/mol. The van der Waals surface area contributed by atoms with Crippen LogP contribution in [0.1, 0.15) is 25.8 Å². The van der Waals surface area contributed by atoms with Crippen molar-refractivity contribution in [2.75, 3.05) is 13.2 Å². The van der Waals surface area contributed by atoms with Gasteiger partial charge in [-0.2, -0.15) is 0 Å². The van der Waals surface area contributed by atoms with Crippen LogP contribution >= 0.6 is 0 Å². The molecule has 24 heavy (non-hydrogen) atoms. The first-order valence-electron chi connectivity index (χ1n) is 8.14. The van der Waals surface area contributed by atoms with E-state index < -0.39 is 0 Å². The molecule has 0 atom stereocenters. The number of amides is 3. The fourth-order valence-electron chi connectivity index (χ4n) is 2.86. The second-order valence-electron chi connectivity index (χ2n) is 5.58. The van der Waals surface area contributed by atoms with Crippen molar-refractivity contribution in [3.63, 3.8) is 0 Å². The lowest BCUT2D eigenvalue weighted by molar-refractivity contribution is -0.122. The molecule has 0 spiro atoms. The van der Waals surface area contributed by atoms with E-state index >= 15 is 0 Å². The van der Waals surface area contributed by atoms with Crippen LogP contribution in [0.3, 0.4) is 0 Å². The van der Waals surface area contributed by atoms with Gasteiger partial charge >= 0.3 is 6.03 Å². The van der Waals surface area contributed by atoms with Crippen molar-refractivity contribution in [3.8, 4) is 5.75 Å². The Morgan fingerprint density at radius 2 is 1.83 bits per heavy atom. The van der Waals surface area contributed by atoms with Gasteiger partial charge in [-0.15, -0.1) is 0 Å². The van der Waals surface area contributed by atoms with E-state index in [-0.39, 0.29) is 11.9 Å². The third kappa shape index (κ3) is 2.85. The van der Waals surface area contributed by atoms with Crippen molar-refractivity contribution >= 4 is 28.8 Å². The largest absolute Gasteiger partial charge is 0.493 e. The molecule has 5 nitrogen and oxygen atoms in total. The summed E-state index contributed by atoms with van der Waals surface area (Å²) in [5.74, 6) is 0.532. The standard InChI is InChI=1S/C19H20N2O3/c1-3-11-21-18(22)16(20-19(21)23)12-13-9-10-17(24-4-2)15-8-6-5-7-14(13)15/h5-10,12H,3-4,11H2,1-2H3,(H,20,23)/b16-12+. The van der Waals surface area contributed by atoms with Gasteiger partial charge in [0.15, 0.2) is 0 Å². The number of ether oxygens (including phenoxy) is 1. The summed E-state index contributed by atoms with van der Waals surface area (Å²) in [6.45, 7) is 4.89. The second-order valence-corrected chi connectivity index (χ2v) is 5.58. The Hall–Kier alpha value is -2.82. The molecule has 2 aromatic carbocycles. The van der Waals surface area contributed by atoms with Gasteiger partial charge in [-0.05, 0) is 36.4 Å². The molecule has 0 radical (unpaired) electrons. The smallest absolute Gasteiger partial charge is 0.329 e. The quantitative estimate of drug-likeness (QED) is 0.676. The normalized spacial score (nSPS) is 16.1. The highest BCUT2D eigenvalue weighted by Gasteiger charge is 2.32. The predicted molar refractivity (Wildman–Crippen MR) is 93.6 cm³/mol. The summed E-state index contributed by atoms with van der Waals surface area (Å²) < 4.78 is 5.67. The highest BCUT2D eigenvalue weighted by Crippen LogP contribution is 2.30. The number of carbonyl (C=O) groups excluding carboxylic acids is 2. The maximum Gasteiger partial charge on any atom is 0.329 e. The summed E-state index contributed by atoms with van der Waals surface area (Å²) in [6.07, 6.45) is 2.46. The molecule has 1 N–H and O–H groups in total. The summed E-state index contributed by atoms with van der Waals surface area (Å²) in [5.41, 5.74) is 1.18. The van der Waals surface area contributed by atoms with E-state index in [1.165, 1.54) is 4.90 Å². The summed E-state index contributed by atoms with van der Waals surface area (Å²) in [7, 11) is 0. The minimum Gasteiger partial charge on any atom is -0.493 e. The maximum absolute atomic E-state index is 12.4. The van der Waals surface area contributed by atoms with E-state index in [1.807, 2.05) is 50.2 Å². The maximum atomic E-state index is 12.4. The lowest BCUT2D eigenvalue weighted by atomic mass is 10.0. The van der Waals surface area contributed by atoms with Crippen LogP contribution in [-0.2, 0) is 4.79 Å². The molecule has 0 saturated carbocycles. The Morgan fingerprint density at radius 3 is 2.54 bits per heavy atom. The fourth-order valence-corrected chi connectivity index (χ4v) is 2.86. The molecule has 1 fully saturated rings. The summed E-state index contributed by atoms with van der Waals surface area (Å²) in [5, 5.41) is 4.62. The average Bonchev–Trinajstić information content (AvgIpc) is 2.85. The number of hydrogen-bond donors (Lipinski definition) is 1. The van der Waals surface area contributed by atoms with Gasteiger partial charge in [0.1, 0.15) is 11.4 Å². The second kappa shape index (κ2) is 6.74. The van der Waals surface area contributed by atoms with Crippen molar-refractivity contribution in [2.45, 2.75) is 20.3 Å². The molecule has 0 bridgehead atoms. The molecule has 0 unspecified atom stereocenters. The van der Waals surface area contributed by atoms with E-state index in [2.05, 4.69) is 5.32 Å². The number of nitrogens with zero attached hydrogens (tertiary/aromatic N) is 1. The summed E-state index contributed by atoms with van der Waals surface area (Å²) in [4.78, 5) is 25.5. The van der Waals surface area contributed by atoms with Crippen LogP contribution in [0.2, 0.25) is 0 Å². The third-order valence-corrected chi connectivity index (χ3v) is 3.93. The van der Waals surface area contributed by atoms with Crippen LogP contribution in [-0.4, -0.2) is 30.0 Å². The van der Waals surface area contributed by atoms with Crippen molar-refractivity contribution in [3.05, 3.63) is 47.7 Å². The zero-order valence-electron chi connectivity index (χ0n) is 13.8. The number of carbonyl (C=O) groups is 2. The highest BCUT2D eigenvalue weighted by molar-refractivity contribution is 6.14. The molecule has 0 aliphatic carbocycles. The van der Waals surface area contributed by atoms with Crippen molar-refractivity contribution in [1.29, 1.82) is 0 Å². The molecular weight excluding hydrogens is 304 g/mol. The Bertz CT molecular complexity index is 826. The van der Waals surface area contributed by atoms with E-state index in [0.717, 1.165) is 28.5 Å². The molecule has 0 aromatic heterocycles. The predicted octanol–water partition coefficient (Wildman–Crippen LogP) is 3.54. The summed E-state index contributed by atoms with van der Waals surface area (Å²) in [6, 6.07) is 11.3. The first-order chi connectivity index (χ1) is 11.7. The lowest BCUT2D eigenvalue weighted by Gasteiger charge is -2.10. The number of urea groups is 1. The van der Waals surface area contributed by atoms with Crippen LogP contribution in [0.25, 0.3) is 16.8 Å². The van der Waals surface area contributed by atoms with Gasteiger partial charge in [-0.25, -0.2) is 4.79 Å². The van der Waals surface area contributed by atoms with E-state index in [0.29, 0.717) is 18.8 Å². The van der Waals surface area contributed by atoms with Gasteiger partial charge in [0.05, 0.1) is 6.61 Å². The zero-order chi connectivity index (χ0) is 17.1. The fraction of sp³-hybridized carbons (Fsp3) is 0.263. The number of rotatable bonds is 5. The molecule has 1 saturated heterocycles. The number of benzene rings is 2. The SMILES string of the molecule is CCCN1C(=O)N/C(=C/c2ccc(OCC)c3ccccc23)C1=O. The molecule has 5 heteroatoms. The molecule has 124 valence electrons. The van der Waals surface area contributed by atoms with Gasteiger partial charge < -0.3 is 10.1 Å². The molecule has 2 aromatic rings. The number of hydrogen-bond acceptors (Lipinski definition) is 3. The molecule has 1 aliphatic rings. The Balaban J connectivity index is 2.03. The molecule has 1 heterocycles. The highest BCUT2D eigenvalue weighted by atomic mass is 16.5. The van der Waals surface area contributed by atoms with Gasteiger partial charge in [0.25, 0.3) is 5.91 Å². The van der Waals surface area contributed by atoms with Crippen molar-refractivity contribution in [1.82, 2.24) is 10.2 Å². The van der Waals surface area contributed by atoms with Crippen LogP contribution in [0.15, 0.2) is 42.1 Å². The van der Waals surface area contributed by atoms with Crippen LogP contribution in [0, 0.1) is 0 Å². The first kappa shape index (κ1) is 16.1. The molecule has 1 aliphatic heterocycles. The van der Waals surface area contributed by atoms with Gasteiger partial charge in [0, 0.05) is 11.9 Å². The summed E-state index contributed by atoms with van der Waals surface area (Å²) >= 11 is 0. The average molecular weight is 324 g/mol. The van der Waals surface area contributed by atoms with Gasteiger partial charge in [-0.3, -0.25) is 9.69 Å². The Labute approximate surface area is 140 Å². The van der Waals surface area contributed by atoms with E-state index in [4.69, 9.17) is 4.74 Å². The number of fused-ring (bicyclic) bond motifs is 1. The number of imide groups is 1. The lowest BCUT2D eigenvalue weighted by Crippen LogP contribution is -2.31. The molecule has 3 amide bonds. The first-order valence-corrected chi connectivity index (χ1v) is 8.14. The minimum atomic E-state index is -0.358.